The summed E-state index contributed by atoms with van der Waals surface area (Å²) in [4.78, 5) is 13.6. The van der Waals surface area contributed by atoms with E-state index in [4.69, 9.17) is 9.47 Å². The molecule has 5 aromatic carbocycles. The minimum Gasteiger partial charge on any atom is -0.392 e. The van der Waals surface area contributed by atoms with Gasteiger partial charge in [0.2, 0.25) is 5.82 Å². The van der Waals surface area contributed by atoms with Gasteiger partial charge in [-0.2, -0.15) is 0 Å². The van der Waals surface area contributed by atoms with Crippen LogP contribution in [-0.2, 0) is 22.6 Å². The van der Waals surface area contributed by atoms with Crippen molar-refractivity contribution in [1.29, 1.82) is 0 Å². The lowest BCUT2D eigenvalue weighted by Gasteiger charge is -2.36. The van der Waals surface area contributed by atoms with Gasteiger partial charge in [0.15, 0.2) is 29.6 Å². The summed E-state index contributed by atoms with van der Waals surface area (Å²) in [6, 6.07) is 32.3. The van der Waals surface area contributed by atoms with E-state index < -0.39 is 46.8 Å². The van der Waals surface area contributed by atoms with E-state index in [0.29, 0.717) is 12.0 Å². The van der Waals surface area contributed by atoms with Gasteiger partial charge in [-0.3, -0.25) is 4.79 Å². The normalized spacial score (nSPS) is 17.6. The Morgan fingerprint density at radius 2 is 1.37 bits per heavy atom. The number of aliphatic hydroxyl groups is 1. The van der Waals surface area contributed by atoms with Gasteiger partial charge in [-0.15, -0.1) is 11.8 Å². The Balaban J connectivity index is 1.16. The van der Waals surface area contributed by atoms with Crippen LogP contribution in [0.15, 0.2) is 108 Å². The molecule has 0 unspecified atom stereocenters. The van der Waals surface area contributed by atoms with Crippen LogP contribution in [0.25, 0.3) is 11.1 Å². The van der Waals surface area contributed by atoms with E-state index in [1.165, 1.54) is 0 Å². The second-order valence-corrected chi connectivity index (χ2v) is 12.5. The molecule has 0 aliphatic carbocycles. The molecular formula is C38H30F5NO4S. The number of ether oxygens (including phenoxy) is 2. The molecule has 5 nitrogen and oxygen atoms in total. The average Bonchev–Trinajstić information content (AvgIpc) is 3.15. The predicted octanol–water partition coefficient (Wildman–Crippen LogP) is 8.81. The molecule has 11 heteroatoms. The number of amides is 1. The molecule has 1 fully saturated rings. The molecule has 3 atom stereocenters. The van der Waals surface area contributed by atoms with Crippen LogP contribution in [0.1, 0.15) is 51.4 Å². The number of carbonyl (C=O) groups is 1. The van der Waals surface area contributed by atoms with Crippen LogP contribution in [0.3, 0.4) is 0 Å². The molecule has 0 saturated carbocycles. The SMILES string of the molecule is O=C(NCc1cccc(-c2ccc([C@H]3O[C@@H](CSc4ccccc4)C[C@@H](c4ccc(CO)cc4)O3)cc2)c1)c1c(F)c(F)c(F)c(F)c1F. The van der Waals surface area contributed by atoms with Gasteiger partial charge in [0.05, 0.1) is 18.8 Å². The molecule has 1 amide bonds. The second-order valence-electron chi connectivity index (χ2n) is 11.4. The van der Waals surface area contributed by atoms with Crippen LogP contribution in [-0.4, -0.2) is 22.9 Å². The number of rotatable bonds is 10. The first-order valence-corrected chi connectivity index (χ1v) is 16.4. The Bertz CT molecular complexity index is 1900. The highest BCUT2D eigenvalue weighted by Gasteiger charge is 2.33. The maximum Gasteiger partial charge on any atom is 0.257 e. The molecule has 49 heavy (non-hydrogen) atoms. The molecule has 1 heterocycles. The summed E-state index contributed by atoms with van der Waals surface area (Å²) in [5.41, 5.74) is 3.18. The van der Waals surface area contributed by atoms with Crippen LogP contribution in [0.4, 0.5) is 22.0 Å². The van der Waals surface area contributed by atoms with E-state index >= 15 is 0 Å². The minimum atomic E-state index is -2.33. The molecule has 0 aromatic heterocycles. The summed E-state index contributed by atoms with van der Waals surface area (Å²) in [7, 11) is 0. The van der Waals surface area contributed by atoms with Gasteiger partial charge in [-0.25, -0.2) is 22.0 Å². The molecule has 1 aliphatic heterocycles. The molecular weight excluding hydrogens is 661 g/mol. The van der Waals surface area contributed by atoms with E-state index in [9.17, 15) is 31.9 Å². The van der Waals surface area contributed by atoms with Gasteiger partial charge in [0.25, 0.3) is 5.91 Å². The fourth-order valence-electron chi connectivity index (χ4n) is 5.50. The summed E-state index contributed by atoms with van der Waals surface area (Å²) in [5, 5.41) is 11.7. The van der Waals surface area contributed by atoms with Crippen molar-refractivity contribution < 1.29 is 41.3 Å². The maximum atomic E-state index is 14.1. The Labute approximate surface area is 283 Å². The first-order chi connectivity index (χ1) is 23.7. The topological polar surface area (TPSA) is 67.8 Å². The smallest absolute Gasteiger partial charge is 0.257 e. The van der Waals surface area contributed by atoms with Crippen molar-refractivity contribution in [3.05, 3.63) is 160 Å². The van der Waals surface area contributed by atoms with Gasteiger partial charge >= 0.3 is 0 Å². The van der Waals surface area contributed by atoms with Gasteiger partial charge in [-0.1, -0.05) is 84.9 Å². The number of thioether (sulfide) groups is 1. The number of carbonyl (C=O) groups excluding carboxylic acids is 1. The van der Waals surface area contributed by atoms with Gasteiger partial charge < -0.3 is 19.9 Å². The van der Waals surface area contributed by atoms with Gasteiger partial charge in [0.1, 0.15) is 5.56 Å². The largest absolute Gasteiger partial charge is 0.392 e. The summed E-state index contributed by atoms with van der Waals surface area (Å²) in [6.07, 6.45) is -0.331. The molecule has 0 spiro atoms. The van der Waals surface area contributed by atoms with Crippen molar-refractivity contribution in [3.8, 4) is 11.1 Å². The monoisotopic (exact) mass is 691 g/mol. The van der Waals surface area contributed by atoms with Crippen LogP contribution < -0.4 is 5.32 Å². The highest BCUT2D eigenvalue weighted by Crippen LogP contribution is 2.40. The number of benzene rings is 5. The highest BCUT2D eigenvalue weighted by molar-refractivity contribution is 7.99. The van der Waals surface area contributed by atoms with Crippen molar-refractivity contribution in [2.45, 2.75) is 43.0 Å². The molecule has 1 aliphatic rings. The van der Waals surface area contributed by atoms with E-state index in [2.05, 4.69) is 17.4 Å². The fourth-order valence-corrected chi connectivity index (χ4v) is 6.44. The summed E-state index contributed by atoms with van der Waals surface area (Å²) >= 11 is 1.71. The average molecular weight is 692 g/mol. The number of hydrogen-bond acceptors (Lipinski definition) is 5. The van der Waals surface area contributed by atoms with Crippen molar-refractivity contribution in [2.75, 3.05) is 5.75 Å². The predicted molar refractivity (Wildman–Crippen MR) is 175 cm³/mol. The maximum absolute atomic E-state index is 14.1. The molecule has 252 valence electrons. The Morgan fingerprint density at radius 1 is 0.714 bits per heavy atom. The third kappa shape index (κ3) is 7.86. The van der Waals surface area contributed by atoms with Crippen molar-refractivity contribution >= 4 is 17.7 Å². The Morgan fingerprint density at radius 3 is 2.04 bits per heavy atom. The van der Waals surface area contributed by atoms with Gasteiger partial charge in [-0.05, 0) is 46.0 Å². The second kappa shape index (κ2) is 15.3. The summed E-state index contributed by atoms with van der Waals surface area (Å²) in [5.74, 6) is -11.8. The first-order valence-electron chi connectivity index (χ1n) is 15.4. The zero-order chi connectivity index (χ0) is 34.5. The molecule has 6 rings (SSSR count). The van der Waals surface area contributed by atoms with E-state index in [0.717, 1.165) is 38.5 Å². The standard InChI is InChI=1S/C38H30F5NO4S/c39-32-31(33(40)35(42)36(43)34(32)41)37(46)44-19-23-5-4-6-27(17-23)24-13-15-26(16-14-24)38-47-28(21-49-29-7-2-1-3-8-29)18-30(48-38)25-11-9-22(20-45)10-12-25/h1-17,28,30,38,45H,18-21H2,(H,44,46)/t28-,30+,38+/m1/s1. The summed E-state index contributed by atoms with van der Waals surface area (Å²) < 4.78 is 81.6. The van der Waals surface area contributed by atoms with Crippen LogP contribution in [0, 0.1) is 29.1 Å². The van der Waals surface area contributed by atoms with E-state index in [-0.39, 0.29) is 25.4 Å². The molecule has 0 bridgehead atoms. The van der Waals surface area contributed by atoms with Gasteiger partial charge in [0, 0.05) is 29.2 Å². The first kappa shape index (κ1) is 34.3. The molecule has 0 radical (unpaired) electrons. The third-order valence-corrected chi connectivity index (χ3v) is 9.27. The van der Waals surface area contributed by atoms with Crippen molar-refractivity contribution in [2.24, 2.45) is 0 Å². The highest BCUT2D eigenvalue weighted by atomic mass is 32.2. The number of nitrogens with one attached hydrogen (secondary N) is 1. The number of hydrogen-bond donors (Lipinski definition) is 2. The third-order valence-electron chi connectivity index (χ3n) is 8.13. The molecule has 1 saturated heterocycles. The van der Waals surface area contributed by atoms with E-state index in [1.807, 2.05) is 72.8 Å². The quantitative estimate of drug-likeness (QED) is 0.0664. The number of aliphatic hydroxyl groups excluding tert-OH is 1. The zero-order valence-corrected chi connectivity index (χ0v) is 26.7. The lowest BCUT2D eigenvalue weighted by atomic mass is 9.99. The van der Waals surface area contributed by atoms with Crippen LogP contribution in [0.2, 0.25) is 0 Å². The van der Waals surface area contributed by atoms with Crippen molar-refractivity contribution in [1.82, 2.24) is 5.32 Å². The fraction of sp³-hybridized carbons (Fsp3) is 0.184. The Hall–Kier alpha value is -4.55. The lowest BCUT2D eigenvalue weighted by Crippen LogP contribution is -2.31. The van der Waals surface area contributed by atoms with E-state index in [1.54, 1.807) is 30.0 Å². The zero-order valence-electron chi connectivity index (χ0n) is 25.8. The number of halogens is 5. The molecule has 5 aromatic rings. The van der Waals surface area contributed by atoms with Crippen LogP contribution in [0.5, 0.6) is 0 Å². The summed E-state index contributed by atoms with van der Waals surface area (Å²) in [6.45, 7) is -0.271. The van der Waals surface area contributed by atoms with Crippen molar-refractivity contribution in [3.63, 3.8) is 0 Å². The lowest BCUT2D eigenvalue weighted by molar-refractivity contribution is -0.245. The molecule has 2 N–H and O–H groups in total. The Kier molecular flexibility index (Phi) is 10.7. The minimum absolute atomic E-state index is 0.0455. The van der Waals surface area contributed by atoms with Crippen LogP contribution >= 0.6 is 11.8 Å².